The average Bonchev–Trinajstić information content (AvgIpc) is 2.85. The fourth-order valence-electron chi connectivity index (χ4n) is 2.51. The number of ether oxygens (including phenoxy) is 1. The number of carbonyl (C=O) groups is 1. The predicted molar refractivity (Wildman–Crippen MR) is 75.1 cm³/mol. The Bertz CT molecular complexity index is 479. The quantitative estimate of drug-likeness (QED) is 0.856. The van der Waals surface area contributed by atoms with E-state index in [1.807, 2.05) is 19.9 Å². The van der Waals surface area contributed by atoms with Gasteiger partial charge in [0.2, 0.25) is 5.88 Å². The van der Waals surface area contributed by atoms with Crippen LogP contribution in [0.3, 0.4) is 0 Å². The summed E-state index contributed by atoms with van der Waals surface area (Å²) in [5.74, 6) is 1.87. The number of rotatable bonds is 6. The molecule has 1 aliphatic rings. The molecule has 1 aromatic rings. The molecule has 0 aromatic carbocycles. The van der Waals surface area contributed by atoms with E-state index in [2.05, 4.69) is 14.9 Å². The van der Waals surface area contributed by atoms with Gasteiger partial charge in [0.15, 0.2) is 0 Å². The Labute approximate surface area is 118 Å². The fraction of sp³-hybridized carbons (Fsp3) is 0.643. The summed E-state index contributed by atoms with van der Waals surface area (Å²) < 4.78 is 5.44. The Morgan fingerprint density at radius 1 is 1.55 bits per heavy atom. The topological polar surface area (TPSA) is 75.5 Å². The smallest absolute Gasteiger partial charge is 0.303 e. The van der Waals surface area contributed by atoms with Crippen LogP contribution in [0.2, 0.25) is 0 Å². The van der Waals surface area contributed by atoms with Gasteiger partial charge in [0.25, 0.3) is 0 Å². The Morgan fingerprint density at radius 3 is 3.05 bits per heavy atom. The van der Waals surface area contributed by atoms with Gasteiger partial charge in [-0.3, -0.25) is 4.79 Å². The van der Waals surface area contributed by atoms with Crippen LogP contribution in [0.4, 0.5) is 5.82 Å². The number of aliphatic carboxylic acids is 1. The second kappa shape index (κ2) is 6.54. The molecule has 0 amide bonds. The zero-order valence-electron chi connectivity index (χ0n) is 12.0. The molecule has 2 heterocycles. The molecule has 20 heavy (non-hydrogen) atoms. The molecule has 1 N–H and O–H groups in total. The van der Waals surface area contributed by atoms with Gasteiger partial charge in [-0.2, -0.15) is 4.98 Å². The summed E-state index contributed by atoms with van der Waals surface area (Å²) in [6, 6.07) is 1.86. The van der Waals surface area contributed by atoms with Crippen LogP contribution in [0.15, 0.2) is 6.07 Å². The molecule has 1 fully saturated rings. The summed E-state index contributed by atoms with van der Waals surface area (Å²) >= 11 is 0. The molecule has 0 spiro atoms. The first kappa shape index (κ1) is 14.6. The molecule has 1 atom stereocenters. The second-order valence-electron chi connectivity index (χ2n) is 5.08. The van der Waals surface area contributed by atoms with Gasteiger partial charge >= 0.3 is 5.97 Å². The highest BCUT2D eigenvalue weighted by atomic mass is 16.5. The van der Waals surface area contributed by atoms with Gasteiger partial charge in [-0.05, 0) is 32.6 Å². The molecule has 0 aliphatic carbocycles. The van der Waals surface area contributed by atoms with Crippen LogP contribution in [-0.2, 0) is 4.79 Å². The summed E-state index contributed by atoms with van der Waals surface area (Å²) in [7, 11) is 0. The van der Waals surface area contributed by atoms with Crippen molar-refractivity contribution in [1.29, 1.82) is 0 Å². The number of hydrogen-bond acceptors (Lipinski definition) is 5. The standard InChI is InChI=1S/C14H21N3O3/c1-3-20-13-8-12(15-10(2)16-13)17-7-6-11(9-17)4-5-14(18)19/h8,11H,3-7,9H2,1-2H3,(H,18,19). The molecule has 6 nitrogen and oxygen atoms in total. The minimum absolute atomic E-state index is 0.242. The van der Waals surface area contributed by atoms with Crippen molar-refractivity contribution in [3.63, 3.8) is 0 Å². The highest BCUT2D eigenvalue weighted by Gasteiger charge is 2.24. The maximum atomic E-state index is 10.6. The van der Waals surface area contributed by atoms with Gasteiger partial charge in [0.1, 0.15) is 11.6 Å². The zero-order valence-corrected chi connectivity index (χ0v) is 12.0. The lowest BCUT2D eigenvalue weighted by Crippen LogP contribution is -2.21. The van der Waals surface area contributed by atoms with Crippen molar-refractivity contribution in [3.05, 3.63) is 11.9 Å². The molecule has 1 aromatic heterocycles. The first-order valence-corrected chi connectivity index (χ1v) is 7.03. The van der Waals surface area contributed by atoms with E-state index in [-0.39, 0.29) is 6.42 Å². The molecule has 1 aliphatic heterocycles. The van der Waals surface area contributed by atoms with E-state index in [4.69, 9.17) is 9.84 Å². The Morgan fingerprint density at radius 2 is 2.35 bits per heavy atom. The van der Waals surface area contributed by atoms with E-state index in [1.165, 1.54) is 0 Å². The van der Waals surface area contributed by atoms with Crippen LogP contribution in [0.1, 0.15) is 32.0 Å². The van der Waals surface area contributed by atoms with Gasteiger partial charge in [0.05, 0.1) is 6.61 Å². The second-order valence-corrected chi connectivity index (χ2v) is 5.08. The Hall–Kier alpha value is -1.85. The molecule has 0 saturated carbocycles. The van der Waals surface area contributed by atoms with Crippen LogP contribution in [0.5, 0.6) is 5.88 Å². The summed E-state index contributed by atoms with van der Waals surface area (Å²) in [6.45, 7) is 6.12. The van der Waals surface area contributed by atoms with Crippen LogP contribution in [-0.4, -0.2) is 40.7 Å². The number of aryl methyl sites for hydroxylation is 1. The van der Waals surface area contributed by atoms with Crippen molar-refractivity contribution < 1.29 is 14.6 Å². The lowest BCUT2D eigenvalue weighted by Gasteiger charge is -2.18. The summed E-state index contributed by atoms with van der Waals surface area (Å²) in [5, 5.41) is 8.74. The van der Waals surface area contributed by atoms with Gasteiger partial charge in [-0.15, -0.1) is 0 Å². The highest BCUT2D eigenvalue weighted by Crippen LogP contribution is 2.27. The molecule has 6 heteroatoms. The first-order valence-electron chi connectivity index (χ1n) is 7.03. The molecular formula is C14H21N3O3. The number of nitrogens with zero attached hydrogens (tertiary/aromatic N) is 3. The van der Waals surface area contributed by atoms with Crippen LogP contribution >= 0.6 is 0 Å². The van der Waals surface area contributed by atoms with E-state index in [0.717, 1.165) is 31.7 Å². The van der Waals surface area contributed by atoms with Crippen LogP contribution < -0.4 is 9.64 Å². The number of aromatic nitrogens is 2. The molecular weight excluding hydrogens is 258 g/mol. The maximum absolute atomic E-state index is 10.6. The molecule has 110 valence electrons. The lowest BCUT2D eigenvalue weighted by molar-refractivity contribution is -0.137. The number of anilines is 1. The van der Waals surface area contributed by atoms with Crippen molar-refractivity contribution in [2.24, 2.45) is 5.92 Å². The van der Waals surface area contributed by atoms with Crippen molar-refractivity contribution >= 4 is 11.8 Å². The minimum atomic E-state index is -0.722. The molecule has 0 bridgehead atoms. The van der Waals surface area contributed by atoms with Gasteiger partial charge in [-0.25, -0.2) is 4.98 Å². The maximum Gasteiger partial charge on any atom is 0.303 e. The summed E-state index contributed by atoms with van der Waals surface area (Å²) in [4.78, 5) is 21.5. The monoisotopic (exact) mass is 279 g/mol. The van der Waals surface area contributed by atoms with E-state index < -0.39 is 5.97 Å². The molecule has 1 unspecified atom stereocenters. The summed E-state index contributed by atoms with van der Waals surface area (Å²) in [6.07, 6.45) is 1.99. The third kappa shape index (κ3) is 3.82. The van der Waals surface area contributed by atoms with E-state index in [0.29, 0.717) is 24.2 Å². The van der Waals surface area contributed by atoms with Crippen molar-refractivity contribution in [1.82, 2.24) is 9.97 Å². The zero-order chi connectivity index (χ0) is 14.5. The lowest BCUT2D eigenvalue weighted by atomic mass is 10.0. The van der Waals surface area contributed by atoms with E-state index in [1.54, 1.807) is 0 Å². The molecule has 1 saturated heterocycles. The van der Waals surface area contributed by atoms with Crippen molar-refractivity contribution in [2.75, 3.05) is 24.6 Å². The van der Waals surface area contributed by atoms with Crippen LogP contribution in [0.25, 0.3) is 0 Å². The predicted octanol–water partition coefficient (Wildman–Crippen LogP) is 1.87. The van der Waals surface area contributed by atoms with Crippen molar-refractivity contribution in [3.8, 4) is 5.88 Å². The number of hydrogen-bond donors (Lipinski definition) is 1. The summed E-state index contributed by atoms with van der Waals surface area (Å²) in [5.41, 5.74) is 0. The third-order valence-electron chi connectivity index (χ3n) is 3.47. The van der Waals surface area contributed by atoms with Gasteiger partial charge in [0, 0.05) is 25.6 Å². The van der Waals surface area contributed by atoms with Gasteiger partial charge < -0.3 is 14.7 Å². The third-order valence-corrected chi connectivity index (χ3v) is 3.47. The van der Waals surface area contributed by atoms with E-state index >= 15 is 0 Å². The first-order chi connectivity index (χ1) is 9.58. The normalized spacial score (nSPS) is 18.3. The van der Waals surface area contributed by atoms with Gasteiger partial charge in [-0.1, -0.05) is 0 Å². The average molecular weight is 279 g/mol. The SMILES string of the molecule is CCOc1cc(N2CCC(CCC(=O)O)C2)nc(C)n1. The highest BCUT2D eigenvalue weighted by molar-refractivity contribution is 5.66. The largest absolute Gasteiger partial charge is 0.481 e. The van der Waals surface area contributed by atoms with E-state index in [9.17, 15) is 4.79 Å². The number of carboxylic acids is 1. The molecule has 0 radical (unpaired) electrons. The Kier molecular flexibility index (Phi) is 4.76. The van der Waals surface area contributed by atoms with Crippen LogP contribution in [0, 0.1) is 12.8 Å². The fourth-order valence-corrected chi connectivity index (χ4v) is 2.51. The van der Waals surface area contributed by atoms with Crippen molar-refractivity contribution in [2.45, 2.75) is 33.1 Å². The molecule has 2 rings (SSSR count). The number of carboxylic acid groups (broad SMARTS) is 1. The Balaban J connectivity index is 2.00. The minimum Gasteiger partial charge on any atom is -0.481 e.